The van der Waals surface area contributed by atoms with E-state index in [4.69, 9.17) is 11.6 Å². The van der Waals surface area contributed by atoms with Crippen molar-refractivity contribution >= 4 is 40.7 Å². The van der Waals surface area contributed by atoms with Crippen LogP contribution in [0.4, 0.5) is 15.8 Å². The van der Waals surface area contributed by atoms with Gasteiger partial charge in [0, 0.05) is 27.9 Å². The molecule has 3 aromatic rings. The van der Waals surface area contributed by atoms with Gasteiger partial charge in [-0.2, -0.15) is 0 Å². The Balaban J connectivity index is 1.50. The summed E-state index contributed by atoms with van der Waals surface area (Å²) in [5.41, 5.74) is 0.569. The number of carbonyl (C=O) groups excluding carboxylic acids is 3. The number of para-hydroxylation sites is 1. The van der Waals surface area contributed by atoms with Gasteiger partial charge in [0.05, 0.1) is 24.1 Å². The van der Waals surface area contributed by atoms with Crippen LogP contribution in [0.25, 0.3) is 0 Å². The Morgan fingerprint density at radius 1 is 0.974 bits per heavy atom. The van der Waals surface area contributed by atoms with E-state index in [-0.39, 0.29) is 24.3 Å². The van der Waals surface area contributed by atoms with E-state index in [1.807, 2.05) is 38.1 Å². The topological polar surface area (TPSA) is 69.7 Å². The fourth-order valence-corrected chi connectivity index (χ4v) is 6.67. The fourth-order valence-electron chi connectivity index (χ4n) is 6.48. The number of amides is 3. The molecule has 6 nitrogen and oxygen atoms in total. The highest BCUT2D eigenvalue weighted by atomic mass is 35.5. The predicted octanol–water partition coefficient (Wildman–Crippen LogP) is 5.04. The van der Waals surface area contributed by atoms with Crippen LogP contribution in [-0.4, -0.2) is 23.8 Å². The molecule has 0 bridgehead atoms. The molecule has 194 valence electrons. The van der Waals surface area contributed by atoms with Crippen LogP contribution in [0.3, 0.4) is 0 Å². The van der Waals surface area contributed by atoms with Crippen LogP contribution in [0.1, 0.15) is 31.4 Å². The van der Waals surface area contributed by atoms with E-state index in [1.54, 1.807) is 42.5 Å². The van der Waals surface area contributed by atoms with Crippen LogP contribution < -0.4 is 15.1 Å². The number of fused-ring (bicyclic) bond motifs is 4. The molecule has 4 unspecified atom stereocenters. The molecule has 1 spiro atoms. The number of rotatable bonds is 5. The number of imide groups is 1. The Labute approximate surface area is 225 Å². The van der Waals surface area contributed by atoms with Crippen LogP contribution in [0, 0.1) is 23.6 Å². The minimum atomic E-state index is -1.44. The molecule has 2 fully saturated rings. The summed E-state index contributed by atoms with van der Waals surface area (Å²) in [5, 5.41) is 3.91. The number of halogens is 2. The Bertz CT molecular complexity index is 1480. The molecule has 3 heterocycles. The molecule has 4 atom stereocenters. The molecule has 3 amide bonds. The third-order valence-corrected chi connectivity index (χ3v) is 8.18. The Kier molecular flexibility index (Phi) is 5.89. The van der Waals surface area contributed by atoms with E-state index in [0.717, 1.165) is 0 Å². The highest BCUT2D eigenvalue weighted by Crippen LogP contribution is 2.56. The number of hydrogen-bond donors (Lipinski definition) is 1. The Morgan fingerprint density at radius 3 is 2.45 bits per heavy atom. The van der Waals surface area contributed by atoms with Crippen LogP contribution in [0.5, 0.6) is 0 Å². The van der Waals surface area contributed by atoms with E-state index in [1.165, 1.54) is 15.9 Å². The van der Waals surface area contributed by atoms with Crippen LogP contribution in [0.2, 0.25) is 5.02 Å². The number of nitrogens with zero attached hydrogens (tertiary/aromatic N) is 2. The van der Waals surface area contributed by atoms with E-state index >= 15 is 0 Å². The van der Waals surface area contributed by atoms with E-state index < -0.39 is 35.1 Å². The first-order chi connectivity index (χ1) is 18.2. The summed E-state index contributed by atoms with van der Waals surface area (Å²) < 4.78 is 14.7. The monoisotopic (exact) mass is 531 g/mol. The summed E-state index contributed by atoms with van der Waals surface area (Å²) in [6.45, 7) is 4.11. The smallest absolute Gasteiger partial charge is 0.253 e. The van der Waals surface area contributed by atoms with Crippen LogP contribution >= 0.6 is 11.6 Å². The molecule has 0 radical (unpaired) electrons. The number of hydrogen-bond acceptors (Lipinski definition) is 4. The Morgan fingerprint density at radius 2 is 1.71 bits per heavy atom. The second-order valence-electron chi connectivity index (χ2n) is 10.7. The molecule has 0 aliphatic carbocycles. The first-order valence-electron chi connectivity index (χ1n) is 12.8. The van der Waals surface area contributed by atoms with Gasteiger partial charge in [-0.05, 0) is 42.7 Å². The summed E-state index contributed by atoms with van der Waals surface area (Å²) in [6, 6.07) is 19.9. The first-order valence-corrected chi connectivity index (χ1v) is 13.2. The lowest BCUT2D eigenvalue weighted by molar-refractivity contribution is -0.132. The predicted molar refractivity (Wildman–Crippen MR) is 143 cm³/mol. The number of nitrogens with one attached hydrogen (secondary N) is 1. The largest absolute Gasteiger partial charge is 0.306 e. The average Bonchev–Trinajstić information content (AvgIpc) is 3.44. The second kappa shape index (κ2) is 9.03. The minimum Gasteiger partial charge on any atom is -0.306 e. The lowest BCUT2D eigenvalue weighted by Gasteiger charge is -2.31. The molecule has 3 aromatic carbocycles. The molecule has 0 saturated carbocycles. The van der Waals surface area contributed by atoms with Crippen molar-refractivity contribution in [3.63, 3.8) is 0 Å². The van der Waals surface area contributed by atoms with Crippen molar-refractivity contribution in [1.29, 1.82) is 0 Å². The van der Waals surface area contributed by atoms with Gasteiger partial charge in [0.25, 0.3) is 5.91 Å². The van der Waals surface area contributed by atoms with Crippen LogP contribution in [0.15, 0.2) is 72.8 Å². The van der Waals surface area contributed by atoms with Crippen molar-refractivity contribution in [3.05, 3.63) is 94.8 Å². The lowest BCUT2D eigenvalue weighted by atomic mass is 9.76. The van der Waals surface area contributed by atoms with E-state index in [2.05, 4.69) is 5.32 Å². The average molecular weight is 532 g/mol. The van der Waals surface area contributed by atoms with Crippen molar-refractivity contribution in [2.45, 2.75) is 38.4 Å². The zero-order chi connectivity index (χ0) is 26.8. The van der Waals surface area contributed by atoms with Gasteiger partial charge >= 0.3 is 0 Å². The fraction of sp³-hybridized carbons (Fsp3) is 0.300. The van der Waals surface area contributed by atoms with Gasteiger partial charge in [-0.1, -0.05) is 67.9 Å². The Hall–Kier alpha value is -3.55. The molecule has 8 heteroatoms. The quantitative estimate of drug-likeness (QED) is 0.468. The normalized spacial score (nSPS) is 26.1. The molecule has 1 N–H and O–H groups in total. The zero-order valence-electron chi connectivity index (χ0n) is 21.0. The maximum atomic E-state index is 14.7. The summed E-state index contributed by atoms with van der Waals surface area (Å²) in [4.78, 5) is 45.3. The van der Waals surface area contributed by atoms with Crippen molar-refractivity contribution in [2.75, 3.05) is 9.80 Å². The van der Waals surface area contributed by atoms with E-state index in [9.17, 15) is 18.8 Å². The molecular formula is C30H27ClFN3O3. The maximum absolute atomic E-state index is 14.7. The highest BCUT2D eigenvalue weighted by molar-refractivity contribution is 6.31. The van der Waals surface area contributed by atoms with Gasteiger partial charge in [-0.3, -0.25) is 19.7 Å². The SMILES string of the molecule is CC(C)CC1NC2(C(=O)N(Cc3ccccc3F)c3ccccc32)C2C(=O)N(c3cccc(Cl)c3)C(=O)C12. The van der Waals surface area contributed by atoms with Crippen molar-refractivity contribution in [2.24, 2.45) is 17.8 Å². The molecule has 2 saturated heterocycles. The lowest BCUT2D eigenvalue weighted by Crippen LogP contribution is -2.55. The van der Waals surface area contributed by atoms with Gasteiger partial charge in [-0.25, -0.2) is 9.29 Å². The molecule has 3 aliphatic rings. The molecule has 0 aromatic heterocycles. The third-order valence-electron chi connectivity index (χ3n) is 7.94. The van der Waals surface area contributed by atoms with Gasteiger partial charge in [0.15, 0.2) is 0 Å². The number of anilines is 2. The van der Waals surface area contributed by atoms with Crippen molar-refractivity contribution in [1.82, 2.24) is 5.32 Å². The maximum Gasteiger partial charge on any atom is 0.253 e. The minimum absolute atomic E-state index is 0.0122. The summed E-state index contributed by atoms with van der Waals surface area (Å²) in [6.07, 6.45) is 0.605. The standard InChI is InChI=1S/C30H27ClFN3O3/c1-17(2)14-23-25-26(28(37)35(27(25)36)20-10-7-9-19(31)15-20)30(33-23)21-11-4-6-13-24(21)34(29(30)38)16-18-8-3-5-12-22(18)32/h3-13,15,17,23,25-26,33H,14,16H2,1-2H3. The van der Waals surface area contributed by atoms with Crippen LogP contribution in [-0.2, 0) is 26.5 Å². The third kappa shape index (κ3) is 3.52. The highest BCUT2D eigenvalue weighted by Gasteiger charge is 2.71. The number of carbonyl (C=O) groups is 3. The second-order valence-corrected chi connectivity index (χ2v) is 11.1. The summed E-state index contributed by atoms with van der Waals surface area (Å²) >= 11 is 6.20. The van der Waals surface area contributed by atoms with Gasteiger partial charge in [-0.15, -0.1) is 0 Å². The van der Waals surface area contributed by atoms with Gasteiger partial charge in [0.1, 0.15) is 11.4 Å². The first kappa shape index (κ1) is 24.8. The van der Waals surface area contributed by atoms with Crippen molar-refractivity contribution < 1.29 is 18.8 Å². The number of benzene rings is 3. The summed E-state index contributed by atoms with van der Waals surface area (Å²) in [7, 11) is 0. The van der Waals surface area contributed by atoms with Crippen molar-refractivity contribution in [3.8, 4) is 0 Å². The molecule has 3 aliphatic heterocycles. The van der Waals surface area contributed by atoms with Gasteiger partial charge < -0.3 is 4.90 Å². The summed E-state index contributed by atoms with van der Waals surface area (Å²) in [5.74, 6) is -2.99. The zero-order valence-corrected chi connectivity index (χ0v) is 21.8. The molecule has 6 rings (SSSR count). The molecule has 38 heavy (non-hydrogen) atoms. The van der Waals surface area contributed by atoms with E-state index in [0.29, 0.717) is 33.9 Å². The van der Waals surface area contributed by atoms with Gasteiger partial charge in [0.2, 0.25) is 11.8 Å². The molecular weight excluding hydrogens is 505 g/mol.